The molecule has 0 aliphatic heterocycles. The molecule has 1 aromatic carbocycles. The zero-order valence-corrected chi connectivity index (χ0v) is 13.3. The highest BCUT2D eigenvalue weighted by Crippen LogP contribution is 2.17. The van der Waals surface area contributed by atoms with Crippen LogP contribution in [0.3, 0.4) is 0 Å². The summed E-state index contributed by atoms with van der Waals surface area (Å²) in [5.41, 5.74) is 5.40. The third-order valence-electron chi connectivity index (χ3n) is 3.88. The van der Waals surface area contributed by atoms with E-state index in [9.17, 15) is 4.79 Å². The predicted molar refractivity (Wildman–Crippen MR) is 86.6 cm³/mol. The molecule has 3 aromatic rings. The van der Waals surface area contributed by atoms with Crippen molar-refractivity contribution in [3.05, 3.63) is 59.5 Å². The van der Waals surface area contributed by atoms with Gasteiger partial charge in [0.2, 0.25) is 5.91 Å². The number of imidazole rings is 1. The quantitative estimate of drug-likeness (QED) is 0.804. The van der Waals surface area contributed by atoms with Crippen LogP contribution in [0.4, 0.5) is 5.69 Å². The lowest BCUT2D eigenvalue weighted by molar-refractivity contribution is -0.115. The Hall–Kier alpha value is -2.89. The molecular weight excluding hydrogens is 292 g/mol. The average molecular weight is 310 g/mol. The monoisotopic (exact) mass is 310 g/mol. The molecule has 118 valence electrons. The first-order valence-electron chi connectivity index (χ1n) is 7.35. The Balaban J connectivity index is 1.69. The number of carbonyl (C=O) groups excluding carboxylic acids is 1. The number of amides is 1. The number of benzene rings is 1. The average Bonchev–Trinajstić information content (AvgIpc) is 3.07. The van der Waals surface area contributed by atoms with Crippen molar-refractivity contribution in [1.82, 2.24) is 14.7 Å². The summed E-state index contributed by atoms with van der Waals surface area (Å²) in [7, 11) is 0. The third-order valence-corrected chi connectivity index (χ3v) is 3.88. The maximum absolute atomic E-state index is 12.0. The molecule has 6 heteroatoms. The van der Waals surface area contributed by atoms with E-state index in [1.807, 2.05) is 49.6 Å². The zero-order chi connectivity index (χ0) is 16.4. The summed E-state index contributed by atoms with van der Waals surface area (Å²) in [6, 6.07) is 7.66. The first-order valence-corrected chi connectivity index (χ1v) is 7.35. The highest BCUT2D eigenvalue weighted by atomic mass is 16.5. The van der Waals surface area contributed by atoms with Crippen LogP contribution in [0.25, 0.3) is 5.69 Å². The maximum Gasteiger partial charge on any atom is 0.228 e. The Kier molecular flexibility index (Phi) is 3.97. The summed E-state index contributed by atoms with van der Waals surface area (Å²) >= 11 is 0. The molecule has 0 saturated carbocycles. The van der Waals surface area contributed by atoms with Crippen molar-refractivity contribution in [2.75, 3.05) is 5.32 Å². The van der Waals surface area contributed by atoms with Crippen LogP contribution in [0.2, 0.25) is 0 Å². The lowest BCUT2D eigenvalue weighted by Crippen LogP contribution is -2.14. The second-order valence-corrected chi connectivity index (χ2v) is 5.48. The van der Waals surface area contributed by atoms with E-state index in [-0.39, 0.29) is 12.3 Å². The molecule has 1 amide bonds. The lowest BCUT2D eigenvalue weighted by Gasteiger charge is -2.08. The largest absolute Gasteiger partial charge is 0.364 e. The van der Waals surface area contributed by atoms with Crippen LogP contribution in [0.15, 0.2) is 41.4 Å². The van der Waals surface area contributed by atoms with Crippen molar-refractivity contribution in [2.45, 2.75) is 27.2 Å². The van der Waals surface area contributed by atoms with E-state index in [0.717, 1.165) is 34.0 Å². The van der Waals surface area contributed by atoms with Crippen LogP contribution in [-0.4, -0.2) is 20.6 Å². The van der Waals surface area contributed by atoms with E-state index in [1.165, 1.54) is 6.26 Å². The molecule has 0 aliphatic rings. The number of aromatic nitrogens is 3. The second-order valence-electron chi connectivity index (χ2n) is 5.48. The molecule has 0 spiro atoms. The summed E-state index contributed by atoms with van der Waals surface area (Å²) in [5.74, 6) is -0.0984. The number of nitrogens with one attached hydrogen (secondary N) is 1. The fourth-order valence-electron chi connectivity index (χ4n) is 2.33. The van der Waals surface area contributed by atoms with Crippen LogP contribution in [0.5, 0.6) is 0 Å². The van der Waals surface area contributed by atoms with Gasteiger partial charge >= 0.3 is 0 Å². The van der Waals surface area contributed by atoms with Gasteiger partial charge in [-0.05, 0) is 45.0 Å². The number of rotatable bonds is 4. The molecule has 1 N–H and O–H groups in total. The minimum absolute atomic E-state index is 0.0984. The van der Waals surface area contributed by atoms with Gasteiger partial charge in [-0.2, -0.15) is 0 Å². The first-order chi connectivity index (χ1) is 11.0. The number of carbonyl (C=O) groups is 1. The van der Waals surface area contributed by atoms with E-state index < -0.39 is 0 Å². The Morgan fingerprint density at radius 1 is 1.17 bits per heavy atom. The van der Waals surface area contributed by atoms with Crippen LogP contribution in [0, 0.1) is 20.8 Å². The number of nitrogens with zero attached hydrogens (tertiary/aromatic N) is 3. The Morgan fingerprint density at radius 3 is 2.48 bits per heavy atom. The summed E-state index contributed by atoms with van der Waals surface area (Å²) in [6.45, 7) is 5.82. The molecule has 0 radical (unpaired) electrons. The minimum Gasteiger partial charge on any atom is -0.364 e. The van der Waals surface area contributed by atoms with Crippen molar-refractivity contribution in [3.63, 3.8) is 0 Å². The van der Waals surface area contributed by atoms with E-state index in [4.69, 9.17) is 4.52 Å². The minimum atomic E-state index is -0.0984. The van der Waals surface area contributed by atoms with Crippen LogP contribution in [-0.2, 0) is 11.2 Å². The molecule has 0 aliphatic carbocycles. The van der Waals surface area contributed by atoms with Crippen LogP contribution >= 0.6 is 0 Å². The standard InChI is InChI=1S/C17H18N4O2/c1-11-13(3)21(10-18-11)16-6-4-15(5-7-16)19-17(22)8-14-9-23-20-12(14)2/h4-7,9-10H,8H2,1-3H3,(H,19,22). The van der Waals surface area contributed by atoms with Gasteiger partial charge in [0.15, 0.2) is 0 Å². The number of anilines is 1. The number of hydrogen-bond donors (Lipinski definition) is 1. The van der Waals surface area contributed by atoms with Gasteiger partial charge in [-0.1, -0.05) is 5.16 Å². The Labute approximate surface area is 134 Å². The fourth-order valence-corrected chi connectivity index (χ4v) is 2.33. The highest BCUT2D eigenvalue weighted by Gasteiger charge is 2.10. The molecule has 0 bridgehead atoms. The Morgan fingerprint density at radius 2 is 1.91 bits per heavy atom. The normalized spacial score (nSPS) is 10.7. The number of aryl methyl sites for hydroxylation is 2. The first kappa shape index (κ1) is 15.0. The predicted octanol–water partition coefficient (Wildman–Crippen LogP) is 2.97. The van der Waals surface area contributed by atoms with Crippen molar-refractivity contribution >= 4 is 11.6 Å². The maximum atomic E-state index is 12.0. The van der Waals surface area contributed by atoms with Crippen LogP contribution < -0.4 is 5.32 Å². The van der Waals surface area contributed by atoms with E-state index in [0.29, 0.717) is 0 Å². The fraction of sp³-hybridized carbons (Fsp3) is 0.235. The summed E-state index contributed by atoms with van der Waals surface area (Å²) in [5, 5.41) is 6.64. The second kappa shape index (κ2) is 6.08. The molecule has 0 fully saturated rings. The molecule has 0 unspecified atom stereocenters. The molecule has 2 heterocycles. The lowest BCUT2D eigenvalue weighted by atomic mass is 10.2. The molecule has 2 aromatic heterocycles. The van der Waals surface area contributed by atoms with E-state index in [1.54, 1.807) is 6.33 Å². The number of hydrogen-bond acceptors (Lipinski definition) is 4. The summed E-state index contributed by atoms with van der Waals surface area (Å²) in [6.07, 6.45) is 3.55. The van der Waals surface area contributed by atoms with E-state index >= 15 is 0 Å². The molecule has 23 heavy (non-hydrogen) atoms. The van der Waals surface area contributed by atoms with Crippen LogP contribution in [0.1, 0.15) is 22.6 Å². The van der Waals surface area contributed by atoms with Gasteiger partial charge in [-0.15, -0.1) is 0 Å². The summed E-state index contributed by atoms with van der Waals surface area (Å²) in [4.78, 5) is 16.3. The van der Waals surface area contributed by atoms with Gasteiger partial charge in [0, 0.05) is 22.6 Å². The Bertz CT molecular complexity index is 831. The molecule has 6 nitrogen and oxygen atoms in total. The highest BCUT2D eigenvalue weighted by molar-refractivity contribution is 5.92. The van der Waals surface area contributed by atoms with Gasteiger partial charge in [-0.25, -0.2) is 4.98 Å². The molecular formula is C17H18N4O2. The summed E-state index contributed by atoms with van der Waals surface area (Å²) < 4.78 is 6.85. The molecule has 3 rings (SSSR count). The topological polar surface area (TPSA) is 73.0 Å². The van der Waals surface area contributed by atoms with Gasteiger partial charge in [-0.3, -0.25) is 4.79 Å². The van der Waals surface area contributed by atoms with Gasteiger partial charge < -0.3 is 14.4 Å². The van der Waals surface area contributed by atoms with Gasteiger partial charge in [0.25, 0.3) is 0 Å². The SMILES string of the molecule is Cc1nocc1CC(=O)Nc1ccc(-n2cnc(C)c2C)cc1. The third kappa shape index (κ3) is 3.15. The van der Waals surface area contributed by atoms with Crippen molar-refractivity contribution in [2.24, 2.45) is 0 Å². The smallest absolute Gasteiger partial charge is 0.228 e. The van der Waals surface area contributed by atoms with Gasteiger partial charge in [0.1, 0.15) is 6.26 Å². The van der Waals surface area contributed by atoms with Crippen molar-refractivity contribution in [1.29, 1.82) is 0 Å². The van der Waals surface area contributed by atoms with E-state index in [2.05, 4.69) is 15.5 Å². The zero-order valence-electron chi connectivity index (χ0n) is 13.3. The molecule has 0 atom stereocenters. The van der Waals surface area contributed by atoms with Gasteiger partial charge in [0.05, 0.1) is 24.1 Å². The van der Waals surface area contributed by atoms with Crippen molar-refractivity contribution in [3.8, 4) is 5.69 Å². The molecule has 0 saturated heterocycles. The van der Waals surface area contributed by atoms with Crippen molar-refractivity contribution < 1.29 is 9.32 Å².